The molecule has 0 bridgehead atoms. The van der Waals surface area contributed by atoms with Gasteiger partial charge in [0.25, 0.3) is 5.91 Å². The van der Waals surface area contributed by atoms with E-state index < -0.39 is 27.8 Å². The molecule has 3 rings (SSSR count). The van der Waals surface area contributed by atoms with Crippen molar-refractivity contribution >= 4 is 21.8 Å². The van der Waals surface area contributed by atoms with Crippen LogP contribution in [0.3, 0.4) is 0 Å². The van der Waals surface area contributed by atoms with Gasteiger partial charge in [0, 0.05) is 13.1 Å². The third-order valence-corrected chi connectivity index (χ3v) is 7.05. The molecule has 0 aliphatic carbocycles. The first kappa shape index (κ1) is 22.8. The summed E-state index contributed by atoms with van der Waals surface area (Å²) in [7, 11) is -3.66. The Balaban J connectivity index is 1.50. The van der Waals surface area contributed by atoms with Crippen molar-refractivity contribution in [3.8, 4) is 5.75 Å². The van der Waals surface area contributed by atoms with Crippen LogP contribution in [0.5, 0.6) is 5.75 Å². The first-order valence-electron chi connectivity index (χ1n) is 10.3. The van der Waals surface area contributed by atoms with Crippen LogP contribution in [0.15, 0.2) is 59.5 Å². The van der Waals surface area contributed by atoms with Crippen LogP contribution in [0.4, 0.5) is 0 Å². The summed E-state index contributed by atoms with van der Waals surface area (Å²) in [6.45, 7) is 2.18. The Morgan fingerprint density at radius 3 is 2.52 bits per heavy atom. The number of hydrogen-bond acceptors (Lipinski definition) is 5. The number of carbonyl (C=O) groups excluding carboxylic acids is 2. The zero-order valence-corrected chi connectivity index (χ0v) is 18.2. The second-order valence-electron chi connectivity index (χ2n) is 7.30. The fourth-order valence-corrected chi connectivity index (χ4v) is 5.01. The van der Waals surface area contributed by atoms with Gasteiger partial charge in [0.15, 0.2) is 6.61 Å². The minimum absolute atomic E-state index is 0.0688. The molecular weight excluding hydrogens is 418 g/mol. The molecule has 0 radical (unpaired) electrons. The summed E-state index contributed by atoms with van der Waals surface area (Å²) in [5.41, 5.74) is 5.72. The van der Waals surface area contributed by atoms with Gasteiger partial charge >= 0.3 is 0 Å². The lowest BCUT2D eigenvalue weighted by molar-refractivity contribution is -0.132. The molecule has 8 nitrogen and oxygen atoms in total. The van der Waals surface area contributed by atoms with E-state index in [0.717, 1.165) is 12.0 Å². The summed E-state index contributed by atoms with van der Waals surface area (Å²) >= 11 is 0. The van der Waals surface area contributed by atoms with E-state index in [4.69, 9.17) is 4.74 Å². The number of rotatable bonds is 7. The van der Waals surface area contributed by atoms with Crippen LogP contribution in [-0.2, 0) is 26.0 Å². The number of piperidine rings is 1. The predicted molar refractivity (Wildman–Crippen MR) is 116 cm³/mol. The zero-order chi connectivity index (χ0) is 22.3. The molecule has 0 aromatic heterocycles. The van der Waals surface area contributed by atoms with Crippen LogP contribution in [0, 0.1) is 5.92 Å². The van der Waals surface area contributed by atoms with Crippen molar-refractivity contribution in [3.05, 3.63) is 60.2 Å². The third kappa shape index (κ3) is 5.83. The lowest BCUT2D eigenvalue weighted by atomic mass is 9.99. The van der Waals surface area contributed by atoms with E-state index in [1.807, 2.05) is 25.1 Å². The topological polar surface area (TPSA) is 105 Å². The van der Waals surface area contributed by atoms with Crippen molar-refractivity contribution in [2.24, 2.45) is 5.92 Å². The number of ether oxygens (including phenoxy) is 1. The van der Waals surface area contributed by atoms with Gasteiger partial charge in [-0.05, 0) is 43.0 Å². The second kappa shape index (κ2) is 10.4. The average Bonchev–Trinajstić information content (AvgIpc) is 2.82. The molecule has 2 aromatic rings. The van der Waals surface area contributed by atoms with E-state index in [0.29, 0.717) is 25.1 Å². The molecule has 1 saturated heterocycles. The van der Waals surface area contributed by atoms with E-state index in [-0.39, 0.29) is 18.0 Å². The maximum atomic E-state index is 12.8. The van der Waals surface area contributed by atoms with Crippen LogP contribution in [0.25, 0.3) is 0 Å². The normalized spacial score (nSPS) is 17.0. The van der Waals surface area contributed by atoms with E-state index in [9.17, 15) is 18.0 Å². The Labute approximate surface area is 182 Å². The van der Waals surface area contributed by atoms with Crippen molar-refractivity contribution in [2.45, 2.75) is 31.1 Å². The lowest BCUT2D eigenvalue weighted by Gasteiger charge is -2.31. The molecule has 166 valence electrons. The molecule has 1 aliphatic heterocycles. The van der Waals surface area contributed by atoms with Crippen LogP contribution in [-0.4, -0.2) is 44.2 Å². The van der Waals surface area contributed by atoms with Crippen LogP contribution < -0.4 is 15.6 Å². The standard InChI is InChI=1S/C22H27N3O5S/c1-2-17-9-6-7-13-20(17)30-16-21(26)23-24-22(27)18-10-8-14-25(15-18)31(28,29)19-11-4-3-5-12-19/h3-7,9,11-13,18H,2,8,10,14-16H2,1H3,(H,23,26)(H,24,27). The zero-order valence-electron chi connectivity index (χ0n) is 17.4. The number of hydrazine groups is 1. The lowest BCUT2D eigenvalue weighted by Crippen LogP contribution is -2.50. The highest BCUT2D eigenvalue weighted by atomic mass is 32.2. The molecule has 2 aromatic carbocycles. The van der Waals surface area contributed by atoms with Gasteiger partial charge in [0.2, 0.25) is 15.9 Å². The molecular formula is C22H27N3O5S. The molecule has 0 saturated carbocycles. The summed E-state index contributed by atoms with van der Waals surface area (Å²) in [6, 6.07) is 15.6. The van der Waals surface area contributed by atoms with Crippen molar-refractivity contribution < 1.29 is 22.7 Å². The Morgan fingerprint density at radius 2 is 1.77 bits per heavy atom. The molecule has 0 spiro atoms. The van der Waals surface area contributed by atoms with Gasteiger partial charge in [-0.1, -0.05) is 43.3 Å². The maximum absolute atomic E-state index is 12.8. The number of hydrogen-bond donors (Lipinski definition) is 2. The summed E-state index contributed by atoms with van der Waals surface area (Å²) in [4.78, 5) is 24.8. The van der Waals surface area contributed by atoms with Crippen LogP contribution in [0.2, 0.25) is 0 Å². The van der Waals surface area contributed by atoms with Gasteiger partial charge in [0.1, 0.15) is 5.75 Å². The molecule has 1 heterocycles. The third-order valence-electron chi connectivity index (χ3n) is 5.17. The quantitative estimate of drug-likeness (QED) is 0.633. The van der Waals surface area contributed by atoms with E-state index in [1.54, 1.807) is 24.3 Å². The number of carbonyl (C=O) groups is 2. The molecule has 2 N–H and O–H groups in total. The molecule has 31 heavy (non-hydrogen) atoms. The number of amides is 2. The number of nitrogens with one attached hydrogen (secondary N) is 2. The minimum Gasteiger partial charge on any atom is -0.483 e. The first-order valence-corrected chi connectivity index (χ1v) is 11.7. The molecule has 9 heteroatoms. The summed E-state index contributed by atoms with van der Waals surface area (Å²) < 4.78 is 32.5. The van der Waals surface area contributed by atoms with Gasteiger partial charge < -0.3 is 4.74 Å². The number of benzene rings is 2. The smallest absolute Gasteiger partial charge is 0.276 e. The van der Waals surface area contributed by atoms with E-state index in [2.05, 4.69) is 10.9 Å². The van der Waals surface area contributed by atoms with Gasteiger partial charge in [-0.2, -0.15) is 4.31 Å². The number of sulfonamides is 1. The first-order chi connectivity index (χ1) is 14.9. The highest BCUT2D eigenvalue weighted by molar-refractivity contribution is 7.89. The highest BCUT2D eigenvalue weighted by Gasteiger charge is 2.33. The fourth-order valence-electron chi connectivity index (χ4n) is 3.47. The Hall–Kier alpha value is -2.91. The van der Waals surface area contributed by atoms with Crippen molar-refractivity contribution in [1.82, 2.24) is 15.2 Å². The Morgan fingerprint density at radius 1 is 1.06 bits per heavy atom. The van der Waals surface area contributed by atoms with Crippen LogP contribution >= 0.6 is 0 Å². The van der Waals surface area contributed by atoms with Gasteiger partial charge in [-0.3, -0.25) is 20.4 Å². The minimum atomic E-state index is -3.66. The molecule has 1 unspecified atom stereocenters. The number of aryl methyl sites for hydroxylation is 1. The summed E-state index contributed by atoms with van der Waals surface area (Å²) in [5.74, 6) is -0.839. The maximum Gasteiger partial charge on any atom is 0.276 e. The van der Waals surface area contributed by atoms with Crippen molar-refractivity contribution in [2.75, 3.05) is 19.7 Å². The monoisotopic (exact) mass is 445 g/mol. The Bertz CT molecular complexity index is 1010. The van der Waals surface area contributed by atoms with Crippen LogP contribution in [0.1, 0.15) is 25.3 Å². The molecule has 1 aliphatic rings. The van der Waals surface area contributed by atoms with Gasteiger partial charge in [-0.25, -0.2) is 8.42 Å². The Kier molecular flexibility index (Phi) is 7.64. The highest BCUT2D eigenvalue weighted by Crippen LogP contribution is 2.23. The second-order valence-corrected chi connectivity index (χ2v) is 9.24. The fraction of sp³-hybridized carbons (Fsp3) is 0.364. The molecule has 1 atom stereocenters. The SMILES string of the molecule is CCc1ccccc1OCC(=O)NNC(=O)C1CCCN(S(=O)(=O)c2ccccc2)C1. The van der Waals surface area contributed by atoms with Crippen molar-refractivity contribution in [3.63, 3.8) is 0 Å². The molecule has 1 fully saturated rings. The van der Waals surface area contributed by atoms with E-state index in [1.165, 1.54) is 16.4 Å². The van der Waals surface area contributed by atoms with Gasteiger partial charge in [-0.15, -0.1) is 0 Å². The largest absolute Gasteiger partial charge is 0.483 e. The van der Waals surface area contributed by atoms with Crippen molar-refractivity contribution in [1.29, 1.82) is 0 Å². The summed E-state index contributed by atoms with van der Waals surface area (Å²) in [6.07, 6.45) is 1.89. The molecule has 2 amide bonds. The predicted octanol–water partition coefficient (Wildman–Crippen LogP) is 1.88. The van der Waals surface area contributed by atoms with E-state index >= 15 is 0 Å². The average molecular weight is 446 g/mol. The summed E-state index contributed by atoms with van der Waals surface area (Å²) in [5, 5.41) is 0. The number of nitrogens with zero attached hydrogens (tertiary/aromatic N) is 1. The van der Waals surface area contributed by atoms with Gasteiger partial charge in [0.05, 0.1) is 10.8 Å². The number of para-hydroxylation sites is 1.